The van der Waals surface area contributed by atoms with Gasteiger partial charge in [0.05, 0.1) is 5.92 Å². The number of nitrogens with one attached hydrogen (secondary N) is 2. The Morgan fingerprint density at radius 1 is 1.44 bits per heavy atom. The van der Waals surface area contributed by atoms with Crippen LogP contribution >= 0.6 is 0 Å². The summed E-state index contributed by atoms with van der Waals surface area (Å²) < 4.78 is 0. The molecule has 0 aromatic rings. The van der Waals surface area contributed by atoms with Gasteiger partial charge in [0.1, 0.15) is 0 Å². The molecule has 0 aromatic heterocycles. The summed E-state index contributed by atoms with van der Waals surface area (Å²) in [5, 5.41) is 5.67. The fraction of sp³-hybridized carbons (Fsp3) is 0.857. The molecule has 2 N–H and O–H groups in total. The predicted molar refractivity (Wildman–Crippen MR) is 72.0 cm³/mol. The lowest BCUT2D eigenvalue weighted by molar-refractivity contribution is -0.126. The van der Waals surface area contributed by atoms with Crippen LogP contribution in [0, 0.1) is 11.3 Å². The predicted octanol–water partition coefficient (Wildman–Crippen LogP) is 1.85. The van der Waals surface area contributed by atoms with Gasteiger partial charge in [0.2, 0.25) is 11.8 Å². The molecule has 2 amide bonds. The van der Waals surface area contributed by atoms with Crippen LogP contribution < -0.4 is 10.6 Å². The van der Waals surface area contributed by atoms with E-state index in [-0.39, 0.29) is 23.1 Å². The van der Waals surface area contributed by atoms with E-state index in [1.54, 1.807) is 0 Å². The van der Waals surface area contributed by atoms with Crippen molar-refractivity contribution < 1.29 is 9.59 Å². The zero-order valence-corrected chi connectivity index (χ0v) is 11.8. The smallest absolute Gasteiger partial charge is 0.225 e. The second-order valence-electron chi connectivity index (χ2n) is 6.04. The number of carbonyl (C=O) groups excluding carboxylic acids is 2. The summed E-state index contributed by atoms with van der Waals surface area (Å²) in [6, 6.07) is 0. The van der Waals surface area contributed by atoms with Gasteiger partial charge in [-0.05, 0) is 11.8 Å². The highest BCUT2D eigenvalue weighted by Gasteiger charge is 2.28. The van der Waals surface area contributed by atoms with Crippen molar-refractivity contribution in [3.8, 4) is 0 Å². The Morgan fingerprint density at radius 3 is 2.72 bits per heavy atom. The van der Waals surface area contributed by atoms with Crippen LogP contribution in [0.4, 0.5) is 0 Å². The molecule has 0 spiro atoms. The lowest BCUT2D eigenvalue weighted by Gasteiger charge is -2.25. The van der Waals surface area contributed by atoms with Crippen molar-refractivity contribution in [1.82, 2.24) is 10.6 Å². The number of amides is 2. The van der Waals surface area contributed by atoms with E-state index < -0.39 is 0 Å². The van der Waals surface area contributed by atoms with E-state index >= 15 is 0 Å². The van der Waals surface area contributed by atoms with Crippen molar-refractivity contribution in [2.24, 2.45) is 11.3 Å². The summed E-state index contributed by atoms with van der Waals surface area (Å²) in [5.74, 6) is -0.182. The van der Waals surface area contributed by atoms with Crippen LogP contribution in [-0.2, 0) is 9.59 Å². The van der Waals surface area contributed by atoms with E-state index in [4.69, 9.17) is 0 Å². The Morgan fingerprint density at radius 2 is 2.17 bits per heavy atom. The molecule has 4 nitrogen and oxygen atoms in total. The Bertz CT molecular complexity index is 300. The molecule has 1 aliphatic heterocycles. The Labute approximate surface area is 110 Å². The third kappa shape index (κ3) is 5.07. The highest BCUT2D eigenvalue weighted by molar-refractivity contribution is 5.89. The second-order valence-corrected chi connectivity index (χ2v) is 6.04. The molecule has 1 fully saturated rings. The molecule has 0 aliphatic carbocycles. The first-order valence-corrected chi connectivity index (χ1v) is 6.99. The molecule has 0 radical (unpaired) electrons. The number of unbranched alkanes of at least 4 members (excludes halogenated alkanes) is 2. The van der Waals surface area contributed by atoms with Crippen molar-refractivity contribution in [3.05, 3.63) is 0 Å². The van der Waals surface area contributed by atoms with Crippen LogP contribution in [0.1, 0.15) is 52.9 Å². The molecule has 18 heavy (non-hydrogen) atoms. The average molecular weight is 254 g/mol. The largest absolute Gasteiger partial charge is 0.355 e. The highest BCUT2D eigenvalue weighted by Crippen LogP contribution is 2.23. The maximum atomic E-state index is 11.9. The molecule has 1 atom stereocenters. The van der Waals surface area contributed by atoms with Gasteiger partial charge in [0, 0.05) is 19.5 Å². The first-order valence-electron chi connectivity index (χ1n) is 6.99. The fourth-order valence-electron chi connectivity index (χ4n) is 2.20. The summed E-state index contributed by atoms with van der Waals surface area (Å²) in [7, 11) is 0. The van der Waals surface area contributed by atoms with Gasteiger partial charge in [0.15, 0.2) is 0 Å². The van der Waals surface area contributed by atoms with Gasteiger partial charge in [-0.2, -0.15) is 0 Å². The van der Waals surface area contributed by atoms with Gasteiger partial charge in [-0.1, -0.05) is 40.0 Å². The SMILES string of the molecule is CCCCCC(C)(C)CNC(=O)C1CNC(=O)C1. The summed E-state index contributed by atoms with van der Waals surface area (Å²) in [6.07, 6.45) is 5.14. The number of rotatable bonds is 7. The lowest BCUT2D eigenvalue weighted by atomic mass is 9.86. The molecule has 1 rings (SSSR count). The van der Waals surface area contributed by atoms with Gasteiger partial charge in [0.25, 0.3) is 0 Å². The molecule has 1 aliphatic rings. The highest BCUT2D eigenvalue weighted by atomic mass is 16.2. The molecular weight excluding hydrogens is 228 g/mol. The van der Waals surface area contributed by atoms with Crippen molar-refractivity contribution in [3.63, 3.8) is 0 Å². The lowest BCUT2D eigenvalue weighted by Crippen LogP contribution is -2.38. The first-order chi connectivity index (χ1) is 8.44. The van der Waals surface area contributed by atoms with E-state index in [2.05, 4.69) is 31.4 Å². The Kier molecular flexibility index (Phi) is 5.63. The number of carbonyl (C=O) groups is 2. The van der Waals surface area contributed by atoms with Crippen LogP contribution in [0.2, 0.25) is 0 Å². The zero-order valence-electron chi connectivity index (χ0n) is 11.8. The molecule has 4 heteroatoms. The quantitative estimate of drug-likeness (QED) is 0.681. The minimum absolute atomic E-state index is 0.0110. The Balaban J connectivity index is 2.26. The summed E-state index contributed by atoms with van der Waals surface area (Å²) >= 11 is 0. The summed E-state index contributed by atoms with van der Waals surface area (Å²) in [4.78, 5) is 22.9. The van der Waals surface area contributed by atoms with Gasteiger partial charge in [-0.25, -0.2) is 0 Å². The minimum Gasteiger partial charge on any atom is -0.355 e. The third-order valence-corrected chi connectivity index (χ3v) is 3.55. The number of hydrogen-bond acceptors (Lipinski definition) is 2. The van der Waals surface area contributed by atoms with Crippen molar-refractivity contribution in [2.45, 2.75) is 52.9 Å². The van der Waals surface area contributed by atoms with E-state index in [1.807, 2.05) is 0 Å². The fourth-order valence-corrected chi connectivity index (χ4v) is 2.20. The van der Waals surface area contributed by atoms with Crippen molar-refractivity contribution in [2.75, 3.05) is 13.1 Å². The molecular formula is C14H26N2O2. The van der Waals surface area contributed by atoms with Crippen LogP contribution in [0.25, 0.3) is 0 Å². The van der Waals surface area contributed by atoms with Gasteiger partial charge < -0.3 is 10.6 Å². The van der Waals surface area contributed by atoms with E-state index in [9.17, 15) is 9.59 Å². The summed E-state index contributed by atoms with van der Waals surface area (Å²) in [6.45, 7) is 7.74. The molecule has 0 bridgehead atoms. The van der Waals surface area contributed by atoms with E-state index in [0.29, 0.717) is 19.5 Å². The topological polar surface area (TPSA) is 58.2 Å². The molecule has 0 aromatic carbocycles. The van der Waals surface area contributed by atoms with Crippen LogP contribution in [-0.4, -0.2) is 24.9 Å². The van der Waals surface area contributed by atoms with Gasteiger partial charge >= 0.3 is 0 Å². The zero-order chi connectivity index (χ0) is 13.6. The normalized spacial score (nSPS) is 19.7. The van der Waals surface area contributed by atoms with Gasteiger partial charge in [-0.3, -0.25) is 9.59 Å². The maximum absolute atomic E-state index is 11.9. The molecule has 1 unspecified atom stereocenters. The van der Waals surface area contributed by atoms with Crippen molar-refractivity contribution >= 4 is 11.8 Å². The van der Waals surface area contributed by atoms with Crippen LogP contribution in [0.3, 0.4) is 0 Å². The van der Waals surface area contributed by atoms with Crippen molar-refractivity contribution in [1.29, 1.82) is 0 Å². The third-order valence-electron chi connectivity index (χ3n) is 3.55. The molecule has 1 heterocycles. The monoisotopic (exact) mass is 254 g/mol. The van der Waals surface area contributed by atoms with E-state index in [0.717, 1.165) is 6.42 Å². The summed E-state index contributed by atoms with van der Waals surface area (Å²) in [5.41, 5.74) is 0.140. The minimum atomic E-state index is -0.177. The first kappa shape index (κ1) is 15.0. The number of hydrogen-bond donors (Lipinski definition) is 2. The van der Waals surface area contributed by atoms with Crippen LogP contribution in [0.5, 0.6) is 0 Å². The van der Waals surface area contributed by atoms with E-state index in [1.165, 1.54) is 19.3 Å². The molecule has 0 saturated carbocycles. The van der Waals surface area contributed by atoms with Crippen LogP contribution in [0.15, 0.2) is 0 Å². The Hall–Kier alpha value is -1.06. The molecule has 104 valence electrons. The maximum Gasteiger partial charge on any atom is 0.225 e. The standard InChI is InChI=1S/C14H26N2O2/c1-4-5-6-7-14(2,3)10-16-13(18)11-8-12(17)15-9-11/h11H,4-10H2,1-3H3,(H,15,17)(H,16,18). The van der Waals surface area contributed by atoms with Gasteiger partial charge in [-0.15, -0.1) is 0 Å². The second kappa shape index (κ2) is 6.76. The average Bonchev–Trinajstić information content (AvgIpc) is 2.73. The molecule has 1 saturated heterocycles.